The number of rotatable bonds is 5. The van der Waals surface area contributed by atoms with Crippen LogP contribution in [0.15, 0.2) is 54.9 Å². The van der Waals surface area contributed by atoms with Crippen molar-refractivity contribution in [2.75, 3.05) is 11.2 Å². The Morgan fingerprint density at radius 2 is 1.94 bits per heavy atom. The van der Waals surface area contributed by atoms with Crippen LogP contribution in [-0.4, -0.2) is 16.0 Å². The molecule has 1 atom stereocenters. The Kier molecular flexibility index (Phi) is 4.13. The molecule has 1 aromatic heterocycles. The molecule has 0 aliphatic rings. The summed E-state index contributed by atoms with van der Waals surface area (Å²) in [7, 11) is -3.36. The summed E-state index contributed by atoms with van der Waals surface area (Å²) in [6.07, 6.45) is 4.11. The van der Waals surface area contributed by atoms with Crippen molar-refractivity contribution in [2.24, 2.45) is 0 Å². The van der Waals surface area contributed by atoms with Gasteiger partial charge in [0, 0.05) is 24.2 Å². The van der Waals surface area contributed by atoms with Gasteiger partial charge in [-0.15, -0.1) is 0 Å². The van der Waals surface area contributed by atoms with Gasteiger partial charge in [-0.25, -0.2) is 0 Å². The Morgan fingerprint density at radius 1 is 1.17 bits per heavy atom. The Hall–Kier alpha value is -1.64. The number of aromatic nitrogens is 1. The molecule has 0 saturated heterocycles. The van der Waals surface area contributed by atoms with Crippen LogP contribution < -0.4 is 5.09 Å². The first-order valence-corrected chi connectivity index (χ1v) is 7.54. The first kappa shape index (κ1) is 12.8. The highest BCUT2D eigenvalue weighted by atomic mass is 31.2. The summed E-state index contributed by atoms with van der Waals surface area (Å²) < 4.78 is 12.0. The van der Waals surface area contributed by atoms with E-state index in [0.717, 1.165) is 5.56 Å². The average molecular weight is 262 g/mol. The van der Waals surface area contributed by atoms with Crippen molar-refractivity contribution < 1.29 is 9.46 Å². The fourth-order valence-corrected chi connectivity index (χ4v) is 2.82. The van der Waals surface area contributed by atoms with Crippen molar-refractivity contribution >= 4 is 13.2 Å². The van der Waals surface area contributed by atoms with Crippen molar-refractivity contribution in [1.29, 1.82) is 0 Å². The highest BCUT2D eigenvalue weighted by Crippen LogP contribution is 2.40. The molecule has 1 heterocycles. The van der Waals surface area contributed by atoms with E-state index in [1.807, 2.05) is 30.3 Å². The van der Waals surface area contributed by atoms with Gasteiger partial charge in [0.2, 0.25) is 0 Å². The molecule has 0 spiro atoms. The molecule has 2 rings (SSSR count). The number of hydrogen-bond donors (Lipinski definition) is 2. The number of benzene rings is 1. The lowest BCUT2D eigenvalue weighted by molar-refractivity contribution is 0.484. The molecule has 18 heavy (non-hydrogen) atoms. The predicted octanol–water partition coefficient (Wildman–Crippen LogP) is 2.92. The van der Waals surface area contributed by atoms with Gasteiger partial charge < -0.3 is 9.98 Å². The van der Waals surface area contributed by atoms with E-state index < -0.39 is 7.52 Å². The highest BCUT2D eigenvalue weighted by molar-refractivity contribution is 7.59. The van der Waals surface area contributed by atoms with Crippen LogP contribution in [0.1, 0.15) is 5.56 Å². The van der Waals surface area contributed by atoms with Gasteiger partial charge in [-0.2, -0.15) is 0 Å². The van der Waals surface area contributed by atoms with Gasteiger partial charge in [0.15, 0.2) is 0 Å². The standard InChI is InChI=1S/C13H15N2O2P/c16-18(17,15-13-6-2-1-3-7-13)10-8-12-5-4-9-14-11-12/h1-7,9,11H,8,10H2,(H2,15,16,17). The van der Waals surface area contributed by atoms with Gasteiger partial charge in [-0.1, -0.05) is 24.3 Å². The van der Waals surface area contributed by atoms with E-state index in [9.17, 15) is 9.46 Å². The lowest BCUT2D eigenvalue weighted by atomic mass is 10.2. The molecule has 0 fully saturated rings. The fraction of sp³-hybridized carbons (Fsp3) is 0.154. The summed E-state index contributed by atoms with van der Waals surface area (Å²) in [6.45, 7) is 0. The zero-order valence-electron chi connectivity index (χ0n) is 9.86. The molecule has 5 heteroatoms. The molecule has 94 valence electrons. The van der Waals surface area contributed by atoms with Gasteiger partial charge in [0.1, 0.15) is 0 Å². The second kappa shape index (κ2) is 5.80. The minimum atomic E-state index is -3.36. The Morgan fingerprint density at radius 3 is 2.61 bits per heavy atom. The van der Waals surface area contributed by atoms with Crippen molar-refractivity contribution in [3.8, 4) is 0 Å². The molecule has 0 bridgehead atoms. The lowest BCUT2D eigenvalue weighted by Gasteiger charge is -2.14. The van der Waals surface area contributed by atoms with Crippen LogP contribution in [0.5, 0.6) is 0 Å². The molecular formula is C13H15N2O2P. The van der Waals surface area contributed by atoms with Crippen molar-refractivity contribution in [1.82, 2.24) is 4.98 Å². The van der Waals surface area contributed by atoms with E-state index in [0.29, 0.717) is 12.1 Å². The van der Waals surface area contributed by atoms with E-state index in [1.54, 1.807) is 24.5 Å². The SMILES string of the molecule is O=P(O)(CCc1cccnc1)Nc1ccccc1. The fourth-order valence-electron chi connectivity index (χ4n) is 1.60. The van der Waals surface area contributed by atoms with E-state index in [-0.39, 0.29) is 6.16 Å². The van der Waals surface area contributed by atoms with Crippen LogP contribution in [-0.2, 0) is 11.0 Å². The molecule has 0 aliphatic heterocycles. The van der Waals surface area contributed by atoms with Crippen LogP contribution in [0.4, 0.5) is 5.69 Å². The number of nitrogens with zero attached hydrogens (tertiary/aromatic N) is 1. The molecule has 2 N–H and O–H groups in total. The van der Waals surface area contributed by atoms with Crippen LogP contribution in [0, 0.1) is 0 Å². The zero-order chi connectivity index (χ0) is 12.8. The molecular weight excluding hydrogens is 247 g/mol. The molecule has 1 aromatic carbocycles. The van der Waals surface area contributed by atoms with Gasteiger partial charge in [0.25, 0.3) is 7.52 Å². The third-order valence-corrected chi connectivity index (χ3v) is 3.94. The third kappa shape index (κ3) is 3.99. The maximum absolute atomic E-state index is 12.0. The Balaban J connectivity index is 1.94. The van der Waals surface area contributed by atoms with E-state index in [4.69, 9.17) is 0 Å². The molecule has 2 aromatic rings. The summed E-state index contributed by atoms with van der Waals surface area (Å²) in [5, 5.41) is 2.68. The van der Waals surface area contributed by atoms with E-state index >= 15 is 0 Å². The molecule has 1 unspecified atom stereocenters. The number of anilines is 1. The zero-order valence-corrected chi connectivity index (χ0v) is 10.8. The Bertz CT molecular complexity index is 531. The second-order valence-electron chi connectivity index (χ2n) is 4.01. The summed E-state index contributed by atoms with van der Waals surface area (Å²) in [4.78, 5) is 13.8. The van der Waals surface area contributed by atoms with Crippen LogP contribution in [0.2, 0.25) is 0 Å². The summed E-state index contributed by atoms with van der Waals surface area (Å²) in [5.74, 6) is 0. The number of hydrogen-bond acceptors (Lipinski definition) is 2. The van der Waals surface area contributed by atoms with Crippen LogP contribution >= 0.6 is 7.52 Å². The quantitative estimate of drug-likeness (QED) is 0.813. The lowest BCUT2D eigenvalue weighted by Crippen LogP contribution is -2.03. The third-order valence-electron chi connectivity index (χ3n) is 2.50. The topological polar surface area (TPSA) is 62.2 Å². The normalized spacial score (nSPS) is 13.8. The monoisotopic (exact) mass is 262 g/mol. The van der Waals surface area contributed by atoms with Crippen molar-refractivity contribution in [3.05, 3.63) is 60.4 Å². The minimum absolute atomic E-state index is 0.188. The van der Waals surface area contributed by atoms with E-state index in [2.05, 4.69) is 10.1 Å². The summed E-state index contributed by atoms with van der Waals surface area (Å²) in [5.41, 5.74) is 1.62. The van der Waals surface area contributed by atoms with Crippen LogP contribution in [0.3, 0.4) is 0 Å². The number of para-hydroxylation sites is 1. The van der Waals surface area contributed by atoms with Gasteiger partial charge in [-0.3, -0.25) is 9.55 Å². The number of pyridine rings is 1. The second-order valence-corrected chi connectivity index (χ2v) is 6.09. The van der Waals surface area contributed by atoms with Gasteiger partial charge in [0.05, 0.1) is 0 Å². The van der Waals surface area contributed by atoms with Gasteiger partial charge >= 0.3 is 0 Å². The van der Waals surface area contributed by atoms with E-state index in [1.165, 1.54) is 0 Å². The smallest absolute Gasteiger partial charge is 0.291 e. The summed E-state index contributed by atoms with van der Waals surface area (Å²) >= 11 is 0. The summed E-state index contributed by atoms with van der Waals surface area (Å²) in [6, 6.07) is 12.8. The number of nitrogens with one attached hydrogen (secondary N) is 1. The minimum Gasteiger partial charge on any atom is -0.329 e. The molecule has 0 saturated carbocycles. The maximum Gasteiger partial charge on any atom is 0.291 e. The molecule has 0 radical (unpaired) electrons. The average Bonchev–Trinajstić information content (AvgIpc) is 2.38. The highest BCUT2D eigenvalue weighted by Gasteiger charge is 2.17. The molecule has 4 nitrogen and oxygen atoms in total. The van der Waals surface area contributed by atoms with Gasteiger partial charge in [-0.05, 0) is 30.2 Å². The van der Waals surface area contributed by atoms with Crippen molar-refractivity contribution in [2.45, 2.75) is 6.42 Å². The first-order valence-electron chi connectivity index (χ1n) is 5.70. The Labute approximate surface area is 106 Å². The predicted molar refractivity (Wildman–Crippen MR) is 72.7 cm³/mol. The number of aryl methyl sites for hydroxylation is 1. The van der Waals surface area contributed by atoms with Crippen LogP contribution in [0.25, 0.3) is 0 Å². The van der Waals surface area contributed by atoms with Crippen molar-refractivity contribution in [3.63, 3.8) is 0 Å². The molecule has 0 amide bonds. The largest absolute Gasteiger partial charge is 0.329 e. The maximum atomic E-state index is 12.0. The molecule has 0 aliphatic carbocycles. The first-order chi connectivity index (χ1) is 8.66.